The topological polar surface area (TPSA) is 83.4 Å². The van der Waals surface area contributed by atoms with Gasteiger partial charge in [0.05, 0.1) is 11.4 Å². The number of benzene rings is 2. The highest BCUT2D eigenvalue weighted by Crippen LogP contribution is 2.39. The Morgan fingerprint density at radius 1 is 1.03 bits per heavy atom. The van der Waals surface area contributed by atoms with Gasteiger partial charge in [-0.1, -0.05) is 43.3 Å². The average Bonchev–Trinajstić information content (AvgIpc) is 2.93. The van der Waals surface area contributed by atoms with Crippen molar-refractivity contribution in [3.8, 4) is 0 Å². The minimum Gasteiger partial charge on any atom is -0.369 e. The molecule has 7 heteroatoms. The van der Waals surface area contributed by atoms with Gasteiger partial charge in [-0.2, -0.15) is 0 Å². The Kier molecular flexibility index (Phi) is 7.45. The summed E-state index contributed by atoms with van der Waals surface area (Å²) in [7, 11) is 0. The number of rotatable bonds is 7. The first-order chi connectivity index (χ1) is 18.4. The zero-order chi connectivity index (χ0) is 26.6. The molecule has 5 rings (SSSR count). The lowest BCUT2D eigenvalue weighted by Crippen LogP contribution is -2.47. The zero-order valence-electron chi connectivity index (χ0n) is 21.9. The Morgan fingerprint density at radius 2 is 1.84 bits per heavy atom. The van der Waals surface area contributed by atoms with E-state index >= 15 is 0 Å². The van der Waals surface area contributed by atoms with E-state index in [1.807, 2.05) is 73.0 Å². The van der Waals surface area contributed by atoms with Gasteiger partial charge in [0.25, 0.3) is 11.5 Å². The van der Waals surface area contributed by atoms with Gasteiger partial charge in [0.15, 0.2) is 0 Å². The third-order valence-electron chi connectivity index (χ3n) is 7.55. The number of pyridine rings is 1. The van der Waals surface area contributed by atoms with Gasteiger partial charge < -0.3 is 20.1 Å². The molecule has 0 unspecified atom stereocenters. The molecule has 2 aliphatic heterocycles. The maximum Gasteiger partial charge on any atom is 0.251 e. The Morgan fingerprint density at radius 3 is 2.63 bits per heavy atom. The summed E-state index contributed by atoms with van der Waals surface area (Å²) < 4.78 is 1.91. The predicted molar refractivity (Wildman–Crippen MR) is 152 cm³/mol. The molecule has 2 bridgehead atoms. The van der Waals surface area contributed by atoms with E-state index in [4.69, 9.17) is 0 Å². The van der Waals surface area contributed by atoms with Crippen molar-refractivity contribution in [1.29, 1.82) is 0 Å². The molecule has 2 aliphatic rings. The predicted octanol–water partition coefficient (Wildman–Crippen LogP) is 4.65. The van der Waals surface area contributed by atoms with Crippen molar-refractivity contribution in [3.05, 3.63) is 100.0 Å². The second-order valence-electron chi connectivity index (χ2n) is 10.4. The minimum absolute atomic E-state index is 0.0546. The summed E-state index contributed by atoms with van der Waals surface area (Å²) in [4.78, 5) is 40.6. The molecule has 196 valence electrons. The molecule has 3 aromatic rings. The van der Waals surface area contributed by atoms with Crippen molar-refractivity contribution in [1.82, 2.24) is 9.88 Å². The largest absolute Gasteiger partial charge is 0.369 e. The second kappa shape index (κ2) is 11.1. The van der Waals surface area contributed by atoms with E-state index in [2.05, 4.69) is 15.5 Å². The van der Waals surface area contributed by atoms with Crippen molar-refractivity contribution < 1.29 is 9.59 Å². The summed E-state index contributed by atoms with van der Waals surface area (Å²) in [5, 5.41) is 6.04. The quantitative estimate of drug-likeness (QED) is 0.453. The van der Waals surface area contributed by atoms with Crippen molar-refractivity contribution >= 4 is 29.3 Å². The Hall–Kier alpha value is -4.13. The Bertz CT molecular complexity index is 1410. The molecule has 0 spiro atoms. The molecule has 2 N–H and O–H groups in total. The average molecular weight is 511 g/mol. The first-order valence-electron chi connectivity index (χ1n) is 13.3. The minimum atomic E-state index is -0.260. The molecule has 2 aromatic carbocycles. The maximum atomic E-state index is 13.0. The van der Waals surface area contributed by atoms with Gasteiger partial charge in [-0.05, 0) is 61.6 Å². The molecular formula is C31H34N4O3. The third-order valence-corrected chi connectivity index (χ3v) is 7.55. The van der Waals surface area contributed by atoms with Crippen LogP contribution in [0.2, 0.25) is 0 Å². The smallest absolute Gasteiger partial charge is 0.251 e. The Balaban J connectivity index is 1.44. The van der Waals surface area contributed by atoms with E-state index in [1.165, 1.54) is 6.08 Å². The van der Waals surface area contributed by atoms with Crippen LogP contribution in [0.3, 0.4) is 0 Å². The molecule has 0 saturated carbocycles. The fourth-order valence-electron chi connectivity index (χ4n) is 5.47. The lowest BCUT2D eigenvalue weighted by molar-refractivity contribution is -0.111. The molecule has 0 radical (unpaired) electrons. The van der Waals surface area contributed by atoms with E-state index in [0.29, 0.717) is 23.7 Å². The molecule has 0 aliphatic carbocycles. The van der Waals surface area contributed by atoms with E-state index in [-0.39, 0.29) is 29.3 Å². The van der Waals surface area contributed by atoms with Gasteiger partial charge >= 0.3 is 0 Å². The number of nitrogens with one attached hydrogen (secondary N) is 2. The number of amides is 2. The fourth-order valence-corrected chi connectivity index (χ4v) is 5.47. The molecule has 2 amide bonds. The molecule has 1 aromatic heterocycles. The highest BCUT2D eigenvalue weighted by Gasteiger charge is 2.35. The van der Waals surface area contributed by atoms with Crippen LogP contribution in [0.25, 0.3) is 6.08 Å². The molecule has 3 atom stereocenters. The van der Waals surface area contributed by atoms with Crippen LogP contribution in [-0.4, -0.2) is 35.5 Å². The van der Waals surface area contributed by atoms with Crippen LogP contribution in [-0.2, 0) is 11.3 Å². The van der Waals surface area contributed by atoms with Crippen LogP contribution < -0.4 is 21.1 Å². The van der Waals surface area contributed by atoms with E-state index < -0.39 is 0 Å². The van der Waals surface area contributed by atoms with Crippen molar-refractivity contribution in [2.45, 2.75) is 45.2 Å². The van der Waals surface area contributed by atoms with Crippen LogP contribution in [0.15, 0.2) is 77.6 Å². The molecule has 38 heavy (non-hydrogen) atoms. The number of carbonyl (C=O) groups excluding carboxylic acids is 2. The van der Waals surface area contributed by atoms with Gasteiger partial charge in [-0.15, -0.1) is 0 Å². The summed E-state index contributed by atoms with van der Waals surface area (Å²) in [6.45, 7) is 6.20. The number of anilines is 2. The SMILES string of the molecule is CC[C@H](C)NC(=O)c1ccc(N2C[C@H]3C[C@@H](C2)c2cccc(=O)n2C3)c(NC(=O)/C=C/c2ccccc2)c1. The van der Waals surface area contributed by atoms with Crippen LogP contribution in [0.1, 0.15) is 54.2 Å². The molecular weight excluding hydrogens is 476 g/mol. The number of carbonyl (C=O) groups is 2. The normalized spacial score (nSPS) is 19.1. The number of fused-ring (bicyclic) bond motifs is 4. The second-order valence-corrected chi connectivity index (χ2v) is 10.4. The molecule has 1 fully saturated rings. The highest BCUT2D eigenvalue weighted by molar-refractivity contribution is 6.05. The highest BCUT2D eigenvalue weighted by atomic mass is 16.2. The number of hydrogen-bond donors (Lipinski definition) is 2. The first kappa shape index (κ1) is 25.5. The van der Waals surface area contributed by atoms with Crippen LogP contribution >= 0.6 is 0 Å². The summed E-state index contributed by atoms with van der Waals surface area (Å²) in [5.74, 6) is 0.135. The summed E-state index contributed by atoms with van der Waals surface area (Å²) in [6, 6.07) is 20.7. The lowest BCUT2D eigenvalue weighted by Gasteiger charge is -2.44. The van der Waals surface area contributed by atoms with Gasteiger partial charge in [-0.25, -0.2) is 0 Å². The first-order valence-corrected chi connectivity index (χ1v) is 13.3. The van der Waals surface area contributed by atoms with E-state index in [9.17, 15) is 14.4 Å². The summed E-state index contributed by atoms with van der Waals surface area (Å²) in [6.07, 6.45) is 5.16. The van der Waals surface area contributed by atoms with Gasteiger partial charge in [0.1, 0.15) is 0 Å². The zero-order valence-corrected chi connectivity index (χ0v) is 21.9. The van der Waals surface area contributed by atoms with E-state index in [0.717, 1.165) is 42.9 Å². The van der Waals surface area contributed by atoms with Gasteiger partial charge in [-0.3, -0.25) is 14.4 Å². The van der Waals surface area contributed by atoms with Gasteiger partial charge in [0.2, 0.25) is 5.91 Å². The van der Waals surface area contributed by atoms with E-state index in [1.54, 1.807) is 18.2 Å². The summed E-state index contributed by atoms with van der Waals surface area (Å²) in [5.41, 5.74) is 4.05. The monoisotopic (exact) mass is 510 g/mol. The number of aromatic nitrogens is 1. The van der Waals surface area contributed by atoms with Crippen LogP contribution in [0.4, 0.5) is 11.4 Å². The lowest BCUT2D eigenvalue weighted by atomic mass is 9.83. The maximum absolute atomic E-state index is 13.0. The van der Waals surface area contributed by atoms with Gasteiger partial charge in [0, 0.05) is 55.0 Å². The van der Waals surface area contributed by atoms with Crippen LogP contribution in [0, 0.1) is 5.92 Å². The Labute approximate surface area is 223 Å². The van der Waals surface area contributed by atoms with Crippen molar-refractivity contribution in [3.63, 3.8) is 0 Å². The standard InChI is InChI=1S/C31H34N4O3/c1-3-21(2)32-31(38)24-13-14-28(26(17-24)33-29(36)15-12-22-8-5-4-6-9-22)34-18-23-16-25(20-34)27-10-7-11-30(37)35(27)19-23/h4-15,17,21,23,25H,3,16,18-20H2,1-2H3,(H,32,38)(H,33,36)/b15-12+/t21-,23+,25-/m0/s1. The fraction of sp³-hybridized carbons (Fsp3) is 0.323. The van der Waals surface area contributed by atoms with Crippen LogP contribution in [0.5, 0.6) is 0 Å². The molecule has 1 saturated heterocycles. The number of hydrogen-bond acceptors (Lipinski definition) is 4. The van der Waals surface area contributed by atoms with Crippen molar-refractivity contribution in [2.24, 2.45) is 5.92 Å². The number of piperidine rings is 1. The molecule has 7 nitrogen and oxygen atoms in total. The summed E-state index contributed by atoms with van der Waals surface area (Å²) >= 11 is 0. The van der Waals surface area contributed by atoms with Crippen molar-refractivity contribution in [2.75, 3.05) is 23.3 Å². The molecule has 3 heterocycles. The number of nitrogens with zero attached hydrogens (tertiary/aromatic N) is 2. The third kappa shape index (κ3) is 5.57.